The van der Waals surface area contributed by atoms with Crippen molar-refractivity contribution in [1.82, 2.24) is 0 Å². The van der Waals surface area contributed by atoms with Gasteiger partial charge in [-0.2, -0.15) is 10.5 Å². The molecule has 0 spiro atoms. The molecular formula is C16H16N2. The van der Waals surface area contributed by atoms with Crippen LogP contribution < -0.4 is 0 Å². The van der Waals surface area contributed by atoms with E-state index in [1.54, 1.807) is 0 Å². The highest BCUT2D eigenvalue weighted by atomic mass is 14.3. The average Bonchev–Trinajstić information content (AvgIpc) is 2.46. The molecule has 90 valence electrons. The molecule has 1 aromatic rings. The lowest BCUT2D eigenvalue weighted by Gasteiger charge is -2.24. The highest BCUT2D eigenvalue weighted by Gasteiger charge is 2.22. The molecule has 0 heterocycles. The molecule has 0 N–H and O–H groups in total. The summed E-state index contributed by atoms with van der Waals surface area (Å²) in [5, 5.41) is 18.3. The van der Waals surface area contributed by atoms with Crippen LogP contribution in [0.1, 0.15) is 37.7 Å². The largest absolute Gasteiger partial charge is 0.192 e. The van der Waals surface area contributed by atoms with E-state index in [-0.39, 0.29) is 5.57 Å². The third-order valence-electron chi connectivity index (χ3n) is 3.59. The number of nitriles is 2. The van der Waals surface area contributed by atoms with Gasteiger partial charge in [0.1, 0.15) is 17.7 Å². The van der Waals surface area contributed by atoms with Crippen LogP contribution in [0.2, 0.25) is 0 Å². The zero-order valence-corrected chi connectivity index (χ0v) is 10.4. The Kier molecular flexibility index (Phi) is 4.15. The maximum absolute atomic E-state index is 9.16. The van der Waals surface area contributed by atoms with E-state index in [1.165, 1.54) is 19.3 Å². The molecule has 1 fully saturated rings. The smallest absolute Gasteiger partial charge is 0.133 e. The van der Waals surface area contributed by atoms with Gasteiger partial charge in [-0.3, -0.25) is 0 Å². The molecule has 1 aliphatic carbocycles. The second-order valence-corrected chi connectivity index (χ2v) is 4.71. The number of hydrogen-bond donors (Lipinski definition) is 0. The van der Waals surface area contributed by atoms with Crippen molar-refractivity contribution in [3.05, 3.63) is 41.5 Å². The van der Waals surface area contributed by atoms with Gasteiger partial charge in [0.05, 0.1) is 0 Å². The first kappa shape index (κ1) is 12.4. The first-order valence-electron chi connectivity index (χ1n) is 6.46. The van der Waals surface area contributed by atoms with Crippen LogP contribution in [0.15, 0.2) is 35.9 Å². The van der Waals surface area contributed by atoms with E-state index < -0.39 is 0 Å². The summed E-state index contributed by atoms with van der Waals surface area (Å²) in [5.41, 5.74) is 2.27. The van der Waals surface area contributed by atoms with Crippen LogP contribution in [0.5, 0.6) is 0 Å². The highest BCUT2D eigenvalue weighted by molar-refractivity contribution is 5.76. The Morgan fingerprint density at radius 1 is 0.944 bits per heavy atom. The topological polar surface area (TPSA) is 47.6 Å². The zero-order valence-electron chi connectivity index (χ0n) is 10.4. The molecule has 1 aromatic carbocycles. The monoisotopic (exact) mass is 236 g/mol. The Morgan fingerprint density at radius 3 is 2.11 bits per heavy atom. The van der Waals surface area contributed by atoms with Gasteiger partial charge in [0.2, 0.25) is 0 Å². The van der Waals surface area contributed by atoms with Crippen molar-refractivity contribution in [1.29, 1.82) is 10.5 Å². The van der Waals surface area contributed by atoms with E-state index in [0.717, 1.165) is 24.0 Å². The van der Waals surface area contributed by atoms with Crippen LogP contribution in [0.4, 0.5) is 0 Å². The molecule has 18 heavy (non-hydrogen) atoms. The summed E-state index contributed by atoms with van der Waals surface area (Å²) in [6.07, 6.45) is 5.86. The zero-order chi connectivity index (χ0) is 12.8. The molecule has 1 saturated carbocycles. The van der Waals surface area contributed by atoms with E-state index >= 15 is 0 Å². The third kappa shape index (κ3) is 2.60. The molecule has 0 bridgehead atoms. The second-order valence-electron chi connectivity index (χ2n) is 4.71. The van der Waals surface area contributed by atoms with Crippen LogP contribution in [0.3, 0.4) is 0 Å². The predicted octanol–water partition coefficient (Wildman–Crippen LogP) is 4.07. The van der Waals surface area contributed by atoms with E-state index in [1.807, 2.05) is 30.3 Å². The molecule has 0 amide bonds. The number of benzene rings is 1. The van der Waals surface area contributed by atoms with Gasteiger partial charge in [0.15, 0.2) is 0 Å². The van der Waals surface area contributed by atoms with E-state index in [9.17, 15) is 0 Å². The summed E-state index contributed by atoms with van der Waals surface area (Å²) in [4.78, 5) is 0. The molecule has 0 aliphatic heterocycles. The lowest BCUT2D eigenvalue weighted by atomic mass is 9.79. The van der Waals surface area contributed by atoms with Gasteiger partial charge < -0.3 is 0 Å². The van der Waals surface area contributed by atoms with E-state index in [4.69, 9.17) is 10.5 Å². The van der Waals surface area contributed by atoms with Gasteiger partial charge >= 0.3 is 0 Å². The molecule has 1 aliphatic rings. The van der Waals surface area contributed by atoms with Crippen molar-refractivity contribution >= 4 is 5.57 Å². The van der Waals surface area contributed by atoms with Crippen LogP contribution in [-0.2, 0) is 0 Å². The SMILES string of the molecule is N#CC(C#N)=C(c1ccccc1)C1CCCCC1. The van der Waals surface area contributed by atoms with Crippen molar-refractivity contribution in [2.75, 3.05) is 0 Å². The predicted molar refractivity (Wildman–Crippen MR) is 71.2 cm³/mol. The average molecular weight is 236 g/mol. The van der Waals surface area contributed by atoms with Crippen molar-refractivity contribution in [3.8, 4) is 12.1 Å². The van der Waals surface area contributed by atoms with Crippen LogP contribution in [0, 0.1) is 28.6 Å². The molecule has 2 rings (SSSR count). The Balaban J connectivity index is 2.45. The second kappa shape index (κ2) is 6.03. The van der Waals surface area contributed by atoms with Gasteiger partial charge in [-0.15, -0.1) is 0 Å². The van der Waals surface area contributed by atoms with Gasteiger partial charge in [0.25, 0.3) is 0 Å². The first-order valence-corrected chi connectivity index (χ1v) is 6.46. The van der Waals surface area contributed by atoms with Gasteiger partial charge in [-0.1, -0.05) is 49.6 Å². The Labute approximate surface area is 108 Å². The van der Waals surface area contributed by atoms with Crippen molar-refractivity contribution in [3.63, 3.8) is 0 Å². The molecule has 0 unspecified atom stereocenters. The van der Waals surface area contributed by atoms with Gasteiger partial charge in [0, 0.05) is 0 Å². The number of rotatable bonds is 2. The summed E-state index contributed by atoms with van der Waals surface area (Å²) < 4.78 is 0. The van der Waals surface area contributed by atoms with Gasteiger partial charge in [-0.05, 0) is 29.9 Å². The molecule has 0 atom stereocenters. The number of hydrogen-bond acceptors (Lipinski definition) is 2. The molecule has 2 nitrogen and oxygen atoms in total. The maximum Gasteiger partial charge on any atom is 0.133 e. The highest BCUT2D eigenvalue weighted by Crippen LogP contribution is 2.37. The molecule has 2 heteroatoms. The summed E-state index contributed by atoms with van der Waals surface area (Å²) in [5.74, 6) is 0.371. The summed E-state index contributed by atoms with van der Waals surface area (Å²) in [7, 11) is 0. The van der Waals surface area contributed by atoms with Crippen LogP contribution >= 0.6 is 0 Å². The Bertz CT molecular complexity index is 492. The molecular weight excluding hydrogens is 220 g/mol. The molecule has 0 radical (unpaired) electrons. The lowest BCUT2D eigenvalue weighted by molar-refractivity contribution is 0.429. The quantitative estimate of drug-likeness (QED) is 0.727. The minimum atomic E-state index is 0.285. The molecule has 0 saturated heterocycles. The third-order valence-corrected chi connectivity index (χ3v) is 3.59. The fourth-order valence-electron chi connectivity index (χ4n) is 2.74. The fraction of sp³-hybridized carbons (Fsp3) is 0.375. The fourth-order valence-corrected chi connectivity index (χ4v) is 2.74. The Morgan fingerprint density at radius 2 is 1.56 bits per heavy atom. The lowest BCUT2D eigenvalue weighted by Crippen LogP contribution is -2.10. The van der Waals surface area contributed by atoms with Crippen molar-refractivity contribution in [2.45, 2.75) is 32.1 Å². The maximum atomic E-state index is 9.16. The normalized spacial score (nSPS) is 15.4. The summed E-state index contributed by atoms with van der Waals surface area (Å²) in [6.45, 7) is 0. The van der Waals surface area contributed by atoms with Gasteiger partial charge in [-0.25, -0.2) is 0 Å². The van der Waals surface area contributed by atoms with Crippen molar-refractivity contribution in [2.24, 2.45) is 5.92 Å². The van der Waals surface area contributed by atoms with Crippen LogP contribution in [-0.4, -0.2) is 0 Å². The van der Waals surface area contributed by atoms with E-state index in [2.05, 4.69) is 12.1 Å². The number of nitrogens with zero attached hydrogens (tertiary/aromatic N) is 2. The van der Waals surface area contributed by atoms with E-state index in [0.29, 0.717) is 5.92 Å². The minimum absolute atomic E-state index is 0.285. The van der Waals surface area contributed by atoms with Crippen molar-refractivity contribution < 1.29 is 0 Å². The Hall–Kier alpha value is -2.06. The molecule has 0 aromatic heterocycles. The summed E-state index contributed by atoms with van der Waals surface area (Å²) >= 11 is 0. The first-order chi connectivity index (χ1) is 8.86. The minimum Gasteiger partial charge on any atom is -0.192 e. The number of allylic oxidation sites excluding steroid dienone is 2. The summed E-state index contributed by atoms with van der Waals surface area (Å²) in [6, 6.07) is 14.0. The van der Waals surface area contributed by atoms with Crippen LogP contribution in [0.25, 0.3) is 5.57 Å². The standard InChI is InChI=1S/C16H16N2/c17-11-15(12-18)16(13-7-3-1-4-8-13)14-9-5-2-6-10-14/h1,3-4,7-8,14H,2,5-6,9-10H2.